The first-order valence-electron chi connectivity index (χ1n) is 8.05. The fourth-order valence-electron chi connectivity index (χ4n) is 3.03. The highest BCUT2D eigenvalue weighted by molar-refractivity contribution is 7.89. The van der Waals surface area contributed by atoms with Crippen molar-refractivity contribution in [3.63, 3.8) is 0 Å². The van der Waals surface area contributed by atoms with E-state index in [-0.39, 0.29) is 28.9 Å². The van der Waals surface area contributed by atoms with E-state index >= 15 is 0 Å². The second-order valence-corrected chi connectivity index (χ2v) is 7.64. The van der Waals surface area contributed by atoms with Crippen molar-refractivity contribution in [2.75, 3.05) is 20.2 Å². The van der Waals surface area contributed by atoms with E-state index in [1.165, 1.54) is 24.8 Å². The van der Waals surface area contributed by atoms with Gasteiger partial charge in [0, 0.05) is 24.7 Å². The standard InChI is InChI=1S/C17H19N3O5S/c1-25-16-7-6-13(20(21)22)10-17(16)26(23,24)19-11-15-14-5-3-2-4-12(14)8-9-18-15/h2-7,10,15,18-19H,8-9,11H2,1H3. The number of benzene rings is 2. The van der Waals surface area contributed by atoms with Gasteiger partial charge in [-0.15, -0.1) is 0 Å². The third-order valence-corrected chi connectivity index (χ3v) is 5.79. The fourth-order valence-corrected chi connectivity index (χ4v) is 4.27. The Balaban J connectivity index is 1.84. The van der Waals surface area contributed by atoms with Gasteiger partial charge < -0.3 is 10.1 Å². The monoisotopic (exact) mass is 377 g/mol. The van der Waals surface area contributed by atoms with Gasteiger partial charge in [0.2, 0.25) is 10.0 Å². The van der Waals surface area contributed by atoms with Gasteiger partial charge in [0.15, 0.2) is 0 Å². The molecule has 0 radical (unpaired) electrons. The van der Waals surface area contributed by atoms with Crippen molar-refractivity contribution in [3.05, 3.63) is 63.7 Å². The van der Waals surface area contributed by atoms with E-state index in [1.807, 2.05) is 24.3 Å². The summed E-state index contributed by atoms with van der Waals surface area (Å²) in [5.74, 6) is 0.0557. The minimum absolute atomic E-state index is 0.0557. The number of nitrogens with one attached hydrogen (secondary N) is 2. The minimum atomic E-state index is -3.98. The zero-order valence-electron chi connectivity index (χ0n) is 14.1. The zero-order chi connectivity index (χ0) is 18.7. The molecule has 1 aliphatic rings. The Kier molecular flexibility index (Phi) is 5.21. The van der Waals surface area contributed by atoms with Gasteiger partial charge in [0.05, 0.1) is 12.0 Å². The largest absolute Gasteiger partial charge is 0.495 e. The maximum absolute atomic E-state index is 12.7. The van der Waals surface area contributed by atoms with Crippen LogP contribution in [0.2, 0.25) is 0 Å². The van der Waals surface area contributed by atoms with Crippen LogP contribution < -0.4 is 14.8 Å². The summed E-state index contributed by atoms with van der Waals surface area (Å²) in [6, 6.07) is 11.2. The van der Waals surface area contributed by atoms with Gasteiger partial charge >= 0.3 is 0 Å². The SMILES string of the molecule is COc1ccc([N+](=O)[O-])cc1S(=O)(=O)NCC1NCCc2ccccc21. The molecule has 8 nitrogen and oxygen atoms in total. The van der Waals surface area contributed by atoms with Crippen LogP contribution in [0, 0.1) is 10.1 Å². The van der Waals surface area contributed by atoms with Crippen LogP contribution in [0.15, 0.2) is 47.4 Å². The Bertz CT molecular complexity index is 930. The maximum Gasteiger partial charge on any atom is 0.271 e. The van der Waals surface area contributed by atoms with Crippen molar-refractivity contribution < 1.29 is 18.1 Å². The Morgan fingerprint density at radius 1 is 1.31 bits per heavy atom. The summed E-state index contributed by atoms with van der Waals surface area (Å²) in [6.07, 6.45) is 0.887. The third-order valence-electron chi connectivity index (χ3n) is 4.34. The van der Waals surface area contributed by atoms with E-state index in [1.54, 1.807) is 0 Å². The molecule has 1 atom stereocenters. The number of hydrogen-bond acceptors (Lipinski definition) is 6. The Morgan fingerprint density at radius 3 is 2.81 bits per heavy atom. The van der Waals surface area contributed by atoms with Crippen molar-refractivity contribution in [2.24, 2.45) is 0 Å². The second kappa shape index (κ2) is 7.40. The van der Waals surface area contributed by atoms with Crippen LogP contribution in [0.3, 0.4) is 0 Å². The number of ether oxygens (including phenoxy) is 1. The first kappa shape index (κ1) is 18.3. The molecule has 0 saturated carbocycles. The van der Waals surface area contributed by atoms with Crippen molar-refractivity contribution in [3.8, 4) is 5.75 Å². The first-order valence-corrected chi connectivity index (χ1v) is 9.54. The molecule has 2 N–H and O–H groups in total. The van der Waals surface area contributed by atoms with Crippen LogP contribution in [0.1, 0.15) is 17.2 Å². The number of fused-ring (bicyclic) bond motifs is 1. The molecule has 9 heteroatoms. The number of rotatable bonds is 6. The number of nitro groups is 1. The van der Waals surface area contributed by atoms with Crippen LogP contribution in [-0.4, -0.2) is 33.5 Å². The van der Waals surface area contributed by atoms with Gasteiger partial charge in [-0.2, -0.15) is 0 Å². The van der Waals surface area contributed by atoms with Crippen molar-refractivity contribution in [1.29, 1.82) is 0 Å². The molecular weight excluding hydrogens is 358 g/mol. The Morgan fingerprint density at radius 2 is 2.08 bits per heavy atom. The lowest BCUT2D eigenvalue weighted by atomic mass is 9.95. The van der Waals surface area contributed by atoms with Crippen LogP contribution in [0.25, 0.3) is 0 Å². The summed E-state index contributed by atoms with van der Waals surface area (Å²) in [6.45, 7) is 0.884. The molecule has 0 amide bonds. The van der Waals surface area contributed by atoms with Crippen LogP contribution >= 0.6 is 0 Å². The Hall–Kier alpha value is -2.49. The number of methoxy groups -OCH3 is 1. The van der Waals surface area contributed by atoms with Gasteiger partial charge in [0.25, 0.3) is 5.69 Å². The molecule has 1 unspecified atom stereocenters. The zero-order valence-corrected chi connectivity index (χ0v) is 15.0. The highest BCUT2D eigenvalue weighted by Gasteiger charge is 2.26. The van der Waals surface area contributed by atoms with Gasteiger partial charge in [-0.1, -0.05) is 24.3 Å². The summed E-state index contributed by atoms with van der Waals surface area (Å²) in [5.41, 5.74) is 1.92. The van der Waals surface area contributed by atoms with Crippen molar-refractivity contribution in [1.82, 2.24) is 10.0 Å². The molecule has 0 aliphatic carbocycles. The van der Waals surface area contributed by atoms with Crippen molar-refractivity contribution >= 4 is 15.7 Å². The lowest BCUT2D eigenvalue weighted by Gasteiger charge is -2.27. The third kappa shape index (κ3) is 3.69. The minimum Gasteiger partial charge on any atom is -0.495 e. The van der Waals surface area contributed by atoms with Crippen LogP contribution in [0.5, 0.6) is 5.75 Å². The molecule has 0 saturated heterocycles. The number of nitrogens with zero attached hydrogens (tertiary/aromatic N) is 1. The van der Waals surface area contributed by atoms with E-state index < -0.39 is 14.9 Å². The van der Waals surface area contributed by atoms with Gasteiger partial charge in [0.1, 0.15) is 10.6 Å². The molecule has 26 heavy (non-hydrogen) atoms. The smallest absolute Gasteiger partial charge is 0.271 e. The summed E-state index contributed by atoms with van der Waals surface area (Å²) in [5, 5.41) is 14.3. The molecule has 1 aliphatic heterocycles. The molecule has 3 rings (SSSR count). The fraction of sp³-hybridized carbons (Fsp3) is 0.294. The molecule has 2 aromatic carbocycles. The molecule has 0 fully saturated rings. The van der Waals surface area contributed by atoms with E-state index in [0.717, 1.165) is 24.6 Å². The predicted molar refractivity (Wildman–Crippen MR) is 95.7 cm³/mol. The quantitative estimate of drug-likeness (QED) is 0.586. The molecule has 1 heterocycles. The number of sulfonamides is 1. The van der Waals surface area contributed by atoms with Crippen LogP contribution in [0.4, 0.5) is 5.69 Å². The van der Waals surface area contributed by atoms with E-state index in [0.29, 0.717) is 0 Å². The number of nitro benzene ring substituents is 1. The lowest BCUT2D eigenvalue weighted by Crippen LogP contribution is -2.38. The summed E-state index contributed by atoms with van der Waals surface area (Å²) in [4.78, 5) is 10.1. The number of hydrogen-bond donors (Lipinski definition) is 2. The number of non-ortho nitro benzene ring substituents is 1. The second-order valence-electron chi connectivity index (χ2n) is 5.90. The summed E-state index contributed by atoms with van der Waals surface area (Å²) >= 11 is 0. The van der Waals surface area contributed by atoms with Gasteiger partial charge in [-0.25, -0.2) is 13.1 Å². The van der Waals surface area contributed by atoms with E-state index in [4.69, 9.17) is 4.74 Å². The predicted octanol–water partition coefficient (Wildman–Crippen LogP) is 1.77. The van der Waals surface area contributed by atoms with E-state index in [2.05, 4.69) is 10.0 Å². The molecule has 0 aromatic heterocycles. The lowest BCUT2D eigenvalue weighted by molar-refractivity contribution is -0.385. The molecule has 0 bridgehead atoms. The normalized spacial score (nSPS) is 16.7. The Labute approximate surface area is 151 Å². The maximum atomic E-state index is 12.7. The topological polar surface area (TPSA) is 111 Å². The van der Waals surface area contributed by atoms with Crippen LogP contribution in [-0.2, 0) is 16.4 Å². The molecular formula is C17H19N3O5S. The van der Waals surface area contributed by atoms with Gasteiger partial charge in [-0.05, 0) is 30.2 Å². The molecule has 2 aromatic rings. The average Bonchev–Trinajstić information content (AvgIpc) is 2.65. The highest BCUT2D eigenvalue weighted by Crippen LogP contribution is 2.29. The first-order chi connectivity index (χ1) is 12.4. The van der Waals surface area contributed by atoms with Gasteiger partial charge in [-0.3, -0.25) is 10.1 Å². The van der Waals surface area contributed by atoms with E-state index in [9.17, 15) is 18.5 Å². The summed E-state index contributed by atoms with van der Waals surface area (Å²) in [7, 11) is -2.66. The molecule has 0 spiro atoms. The average molecular weight is 377 g/mol. The highest BCUT2D eigenvalue weighted by atomic mass is 32.2. The summed E-state index contributed by atoms with van der Waals surface area (Å²) < 4.78 is 33.0. The molecule has 138 valence electrons. The van der Waals surface area contributed by atoms with Crippen molar-refractivity contribution in [2.45, 2.75) is 17.4 Å².